The Morgan fingerprint density at radius 1 is 0.160 bits per heavy atom. The summed E-state index contributed by atoms with van der Waals surface area (Å²) in [7, 11) is 0. The Hall–Kier alpha value is -3.44. The summed E-state index contributed by atoms with van der Waals surface area (Å²) in [6, 6.07) is 0. The molecule has 0 aliphatic rings. The molecule has 0 aliphatic carbocycles. The number of rotatable bonds is 0. The fourth-order valence-electron chi connectivity index (χ4n) is 0. The molecular formula is C12FeO12. The molecule has 0 atom stereocenters. The summed E-state index contributed by atoms with van der Waals surface area (Å²) in [4.78, 5) is 90.0. The average Bonchev–Trinajstić information content (AvgIpc) is 2.84. The maximum Gasteiger partial charge on any atom is 0.281 e. The smallest absolute Gasteiger partial charge is 0.281 e. The third-order valence-electron chi connectivity index (χ3n) is 0. The van der Waals surface area contributed by atoms with Gasteiger partial charge < -0.3 is 0 Å². The van der Waals surface area contributed by atoms with Crippen LogP contribution in [0.5, 0.6) is 0 Å². The van der Waals surface area contributed by atoms with Gasteiger partial charge in [0.15, 0.2) is 0 Å². The van der Waals surface area contributed by atoms with Crippen molar-refractivity contribution >= 4 is 81.5 Å². The van der Waals surface area contributed by atoms with Gasteiger partial charge in [0.1, 0.15) is 0 Å². The predicted molar refractivity (Wildman–Crippen MR) is 68.3 cm³/mol. The molecule has 0 aromatic carbocycles. The number of hydrogen-bond donors (Lipinski definition) is 0. The monoisotopic (exact) mass is 392 g/mol. The largest absolute Gasteiger partial charge is 0.281 e. The van der Waals surface area contributed by atoms with E-state index >= 15 is 0 Å². The summed E-state index contributed by atoms with van der Waals surface area (Å²) in [6.07, 6.45) is 0. The molecule has 0 spiro atoms. The van der Waals surface area contributed by atoms with E-state index in [1.54, 1.807) is 0 Å². The van der Waals surface area contributed by atoms with Gasteiger partial charge in [-0.1, -0.05) is 0 Å². The van der Waals surface area contributed by atoms with E-state index in [1.807, 2.05) is 0 Å². The van der Waals surface area contributed by atoms with Crippen LogP contribution in [0.1, 0.15) is 0 Å². The topological polar surface area (TPSA) is 205 Å². The van der Waals surface area contributed by atoms with Crippen LogP contribution >= 0.6 is 0 Å². The second-order valence-corrected chi connectivity index (χ2v) is 0. The van der Waals surface area contributed by atoms with Crippen molar-refractivity contribution < 1.29 is 74.6 Å². The Labute approximate surface area is 156 Å². The quantitative estimate of drug-likeness (QED) is 0.356. The third kappa shape index (κ3) is 598. The SMILES string of the molecule is [C]=O.[C]=O.[C]=O.[C]=O.[C]=O.[C]=O.[C]=O.[C]=O.[C]=O.[C]=O.[C]=O.[C]=O.[Fe]. The van der Waals surface area contributed by atoms with Crippen LogP contribution in [0.3, 0.4) is 0 Å². The minimum atomic E-state index is 0. The summed E-state index contributed by atoms with van der Waals surface area (Å²) < 4.78 is 0. The van der Waals surface area contributed by atoms with Crippen molar-refractivity contribution in [2.24, 2.45) is 0 Å². The Bertz CT molecular complexity index is 73.1. The summed E-state index contributed by atoms with van der Waals surface area (Å²) in [6.45, 7) is 54.0. The van der Waals surface area contributed by atoms with Gasteiger partial charge in [0.25, 0.3) is 81.5 Å². The second-order valence-electron chi connectivity index (χ2n) is 0. The van der Waals surface area contributed by atoms with E-state index in [1.165, 1.54) is 0 Å². The van der Waals surface area contributed by atoms with E-state index in [2.05, 4.69) is 81.5 Å². The van der Waals surface area contributed by atoms with Crippen LogP contribution < -0.4 is 0 Å². The maximum absolute atomic E-state index is 7.50. The van der Waals surface area contributed by atoms with Gasteiger partial charge in [0, 0.05) is 17.1 Å². The summed E-state index contributed by atoms with van der Waals surface area (Å²) >= 11 is 0. The first kappa shape index (κ1) is 124. The molecule has 0 saturated carbocycles. The Morgan fingerprint density at radius 2 is 0.160 bits per heavy atom. The maximum atomic E-state index is 7.50. The van der Waals surface area contributed by atoms with Crippen molar-refractivity contribution in [3.63, 3.8) is 0 Å². The summed E-state index contributed by atoms with van der Waals surface area (Å²) in [5.74, 6) is 0. The van der Waals surface area contributed by atoms with Crippen molar-refractivity contribution in [1.29, 1.82) is 0 Å². The molecule has 13 heteroatoms. The van der Waals surface area contributed by atoms with Gasteiger partial charge in [-0.3, -0.25) is 57.5 Å². The summed E-state index contributed by atoms with van der Waals surface area (Å²) in [5, 5.41) is 0. The molecule has 0 saturated heterocycles. The molecule has 0 aromatic rings. The molecule has 0 unspecified atom stereocenters. The molecule has 0 N–H and O–H groups in total. The Balaban J connectivity index is -0.00000000569. The molecule has 0 rings (SSSR count). The summed E-state index contributed by atoms with van der Waals surface area (Å²) in [5.41, 5.74) is 0. The van der Waals surface area contributed by atoms with Crippen LogP contribution in [0.15, 0.2) is 0 Å². The number of hydrogen-bond acceptors (Lipinski definition) is 12. The van der Waals surface area contributed by atoms with Crippen molar-refractivity contribution in [3.8, 4) is 0 Å². The normalized spacial score (nSPS) is 1.92. The fourth-order valence-corrected chi connectivity index (χ4v) is 0. The molecule has 24 radical (unpaired) electrons. The molecular weight excluding hydrogens is 392 g/mol. The number of carbonyl (C=O) groups excluding carboxylic acids is 12. The van der Waals surface area contributed by atoms with Crippen molar-refractivity contribution in [2.75, 3.05) is 0 Å². The molecule has 128 valence electrons. The first-order chi connectivity index (χ1) is 12.0. The van der Waals surface area contributed by atoms with E-state index in [0.717, 1.165) is 0 Å². The van der Waals surface area contributed by atoms with Crippen LogP contribution in [0.4, 0.5) is 0 Å². The van der Waals surface area contributed by atoms with Crippen molar-refractivity contribution in [1.82, 2.24) is 0 Å². The standard InChI is InChI=1S/12CO.Fe/c12*1-2;. The van der Waals surface area contributed by atoms with Gasteiger partial charge in [-0.25, -0.2) is 0 Å². The van der Waals surface area contributed by atoms with Gasteiger partial charge >= 0.3 is 0 Å². The molecule has 12 nitrogen and oxygen atoms in total. The zero-order chi connectivity index (χ0) is 24.0. The zero-order valence-electron chi connectivity index (χ0n) is 11.3. The first-order valence-electron chi connectivity index (χ1n) is 2.45. The van der Waals surface area contributed by atoms with E-state index in [9.17, 15) is 0 Å². The van der Waals surface area contributed by atoms with Gasteiger partial charge in [-0.05, 0) is 0 Å². The molecule has 25 heavy (non-hydrogen) atoms. The van der Waals surface area contributed by atoms with Gasteiger partial charge in [-0.15, -0.1) is 0 Å². The first-order valence-corrected chi connectivity index (χ1v) is 2.45. The molecule has 0 bridgehead atoms. The van der Waals surface area contributed by atoms with Gasteiger partial charge in [-0.2, -0.15) is 0 Å². The van der Waals surface area contributed by atoms with Gasteiger partial charge in [0.2, 0.25) is 0 Å². The third-order valence-corrected chi connectivity index (χ3v) is 0. The van der Waals surface area contributed by atoms with Crippen LogP contribution in [0, 0.1) is 0 Å². The van der Waals surface area contributed by atoms with Crippen LogP contribution in [0.25, 0.3) is 0 Å². The average molecular weight is 392 g/mol. The van der Waals surface area contributed by atoms with Crippen molar-refractivity contribution in [2.45, 2.75) is 0 Å². The predicted octanol–water partition coefficient (Wildman–Crippen LogP) is -4.77. The van der Waals surface area contributed by atoms with E-state index < -0.39 is 0 Å². The van der Waals surface area contributed by atoms with Crippen LogP contribution in [-0.2, 0) is 74.6 Å². The molecule has 0 aliphatic heterocycles. The molecule has 0 amide bonds. The van der Waals surface area contributed by atoms with E-state index in [0.29, 0.717) is 0 Å². The molecule has 0 heterocycles. The molecule has 0 aromatic heterocycles. The second kappa shape index (κ2) is 664. The zero-order valence-corrected chi connectivity index (χ0v) is 12.4. The van der Waals surface area contributed by atoms with Crippen LogP contribution in [-0.4, -0.2) is 81.5 Å². The van der Waals surface area contributed by atoms with Gasteiger partial charge in [0.05, 0.1) is 0 Å². The van der Waals surface area contributed by atoms with E-state index in [4.69, 9.17) is 57.5 Å². The minimum Gasteiger partial charge on any atom is -0.281 e. The fraction of sp³-hybridized carbons (Fsp3) is 0. The Kier molecular flexibility index (Phi) is 3310. The van der Waals surface area contributed by atoms with Crippen molar-refractivity contribution in [3.05, 3.63) is 0 Å². The molecule has 0 fully saturated rings. The van der Waals surface area contributed by atoms with E-state index in [-0.39, 0.29) is 17.1 Å². The Morgan fingerprint density at radius 3 is 0.160 bits per heavy atom. The minimum absolute atomic E-state index is 0. The van der Waals surface area contributed by atoms with Crippen LogP contribution in [0.2, 0.25) is 0 Å².